The number of hydrogen-bond acceptors (Lipinski definition) is 4. The first-order valence-electron chi connectivity index (χ1n) is 9.41. The highest BCUT2D eigenvalue weighted by Crippen LogP contribution is 2.35. The van der Waals surface area contributed by atoms with Gasteiger partial charge in [-0.05, 0) is 37.0 Å². The summed E-state index contributed by atoms with van der Waals surface area (Å²) in [7, 11) is 0. The smallest absolute Gasteiger partial charge is 0.359 e. The summed E-state index contributed by atoms with van der Waals surface area (Å²) in [5.74, 6) is -1.04. The Hall–Kier alpha value is -3.17. The molecule has 1 fully saturated rings. The van der Waals surface area contributed by atoms with Crippen LogP contribution in [0.15, 0.2) is 30.5 Å². The summed E-state index contributed by atoms with van der Waals surface area (Å²) in [5.41, 5.74) is -1.27. The maximum Gasteiger partial charge on any atom is 0.416 e. The van der Waals surface area contributed by atoms with E-state index in [-0.39, 0.29) is 18.0 Å². The van der Waals surface area contributed by atoms with E-state index in [0.29, 0.717) is 24.0 Å². The van der Waals surface area contributed by atoms with Gasteiger partial charge in [-0.15, -0.1) is 0 Å². The third-order valence-corrected chi connectivity index (χ3v) is 5.12. The lowest BCUT2D eigenvalue weighted by Gasteiger charge is -2.29. The van der Waals surface area contributed by atoms with E-state index in [1.54, 1.807) is 4.90 Å². The molecule has 6 nitrogen and oxygen atoms in total. The molecule has 2 aliphatic rings. The number of anilines is 2. The Morgan fingerprint density at radius 1 is 1.30 bits per heavy atom. The lowest BCUT2D eigenvalue weighted by Crippen LogP contribution is -2.41. The quantitative estimate of drug-likeness (QED) is 0.725. The van der Waals surface area contributed by atoms with E-state index < -0.39 is 35.6 Å². The summed E-state index contributed by atoms with van der Waals surface area (Å²) >= 11 is 0. The Balaban J connectivity index is 1.54. The summed E-state index contributed by atoms with van der Waals surface area (Å²) in [4.78, 5) is 30.5. The van der Waals surface area contributed by atoms with Gasteiger partial charge in [0.2, 0.25) is 5.91 Å². The molecule has 1 aliphatic carbocycles. The number of carbonyl (C=O) groups is 2. The fourth-order valence-corrected chi connectivity index (χ4v) is 3.34. The predicted octanol–water partition coefficient (Wildman–Crippen LogP) is 3.34. The van der Waals surface area contributed by atoms with Crippen LogP contribution in [0, 0.1) is 11.7 Å². The van der Waals surface area contributed by atoms with Crippen molar-refractivity contribution in [2.45, 2.75) is 25.6 Å². The van der Waals surface area contributed by atoms with Crippen LogP contribution in [0.4, 0.5) is 29.1 Å². The van der Waals surface area contributed by atoms with Gasteiger partial charge in [-0.25, -0.2) is 9.37 Å². The van der Waals surface area contributed by atoms with Crippen molar-refractivity contribution in [3.05, 3.63) is 53.0 Å². The van der Waals surface area contributed by atoms with Crippen LogP contribution in [-0.4, -0.2) is 29.9 Å². The van der Waals surface area contributed by atoms with E-state index in [2.05, 4.69) is 15.6 Å². The molecule has 10 heteroatoms. The average molecular weight is 422 g/mol. The molecule has 0 spiro atoms. The second-order valence-electron chi connectivity index (χ2n) is 7.34. The van der Waals surface area contributed by atoms with Gasteiger partial charge in [0.15, 0.2) is 0 Å². The maximum absolute atomic E-state index is 14.0. The zero-order chi connectivity index (χ0) is 21.5. The normalized spacial score (nSPS) is 16.1. The number of amides is 2. The Morgan fingerprint density at radius 2 is 2.07 bits per heavy atom. The molecule has 30 heavy (non-hydrogen) atoms. The highest BCUT2D eigenvalue weighted by molar-refractivity contribution is 6.04. The van der Waals surface area contributed by atoms with Crippen molar-refractivity contribution in [2.24, 2.45) is 5.92 Å². The Kier molecular flexibility index (Phi) is 5.08. The molecule has 1 saturated carbocycles. The molecular weight excluding hydrogens is 404 g/mol. The van der Waals surface area contributed by atoms with Crippen LogP contribution in [0.25, 0.3) is 0 Å². The van der Waals surface area contributed by atoms with E-state index in [9.17, 15) is 27.2 Å². The maximum atomic E-state index is 14.0. The molecule has 2 heterocycles. The van der Waals surface area contributed by atoms with Gasteiger partial charge in [0.25, 0.3) is 5.91 Å². The molecule has 4 rings (SSSR count). The number of carbonyl (C=O) groups excluding carboxylic acids is 2. The minimum Gasteiger partial charge on any atom is -0.359 e. The standard InChI is InChI=1S/C20H18F4N4O2/c21-15-3-1-2-14(20(22,23)24)13(15)8-27-19(30)12-6-16-18(25-7-12)26-9-17(29)28(16)10-11-4-5-11/h1-3,6-7,11H,4-5,8-10H2,(H,25,26)(H,27,30). The number of hydrogen-bond donors (Lipinski definition) is 2. The second kappa shape index (κ2) is 7.58. The number of fused-ring (bicyclic) bond motifs is 1. The first kappa shape index (κ1) is 20.1. The van der Waals surface area contributed by atoms with Crippen LogP contribution < -0.4 is 15.5 Å². The van der Waals surface area contributed by atoms with E-state index in [1.807, 2.05) is 0 Å². The Morgan fingerprint density at radius 3 is 2.77 bits per heavy atom. The van der Waals surface area contributed by atoms with Crippen molar-refractivity contribution in [2.75, 3.05) is 23.3 Å². The van der Waals surface area contributed by atoms with Crippen molar-refractivity contribution in [1.29, 1.82) is 0 Å². The van der Waals surface area contributed by atoms with E-state index in [0.717, 1.165) is 31.0 Å². The molecule has 158 valence electrons. The van der Waals surface area contributed by atoms with Crippen molar-refractivity contribution < 1.29 is 27.2 Å². The summed E-state index contributed by atoms with van der Waals surface area (Å²) < 4.78 is 53.3. The zero-order valence-electron chi connectivity index (χ0n) is 15.7. The zero-order valence-corrected chi connectivity index (χ0v) is 15.7. The Labute approximate surface area is 169 Å². The molecule has 0 bridgehead atoms. The van der Waals surface area contributed by atoms with Crippen LogP contribution in [0.2, 0.25) is 0 Å². The molecule has 0 radical (unpaired) electrons. The molecule has 0 unspecified atom stereocenters. The van der Waals surface area contributed by atoms with Gasteiger partial charge in [0, 0.05) is 24.8 Å². The summed E-state index contributed by atoms with van der Waals surface area (Å²) in [5, 5.41) is 5.19. The molecule has 2 N–H and O–H groups in total. The van der Waals surface area contributed by atoms with Crippen LogP contribution in [0.1, 0.15) is 34.3 Å². The van der Waals surface area contributed by atoms with Gasteiger partial charge < -0.3 is 15.5 Å². The minimum absolute atomic E-state index is 0.0657. The molecule has 2 aromatic rings. The predicted molar refractivity (Wildman–Crippen MR) is 100 cm³/mol. The van der Waals surface area contributed by atoms with Gasteiger partial charge in [-0.1, -0.05) is 6.07 Å². The number of benzene rings is 1. The highest BCUT2D eigenvalue weighted by atomic mass is 19.4. The van der Waals surface area contributed by atoms with Crippen molar-refractivity contribution in [1.82, 2.24) is 10.3 Å². The summed E-state index contributed by atoms with van der Waals surface area (Å²) in [6.45, 7) is -0.00337. The SMILES string of the molecule is O=C(NCc1c(F)cccc1C(F)(F)F)c1cnc2c(c1)N(CC1CC1)C(=O)CN2. The van der Waals surface area contributed by atoms with E-state index >= 15 is 0 Å². The molecule has 0 saturated heterocycles. The molecule has 1 aliphatic heterocycles. The van der Waals surface area contributed by atoms with Crippen molar-refractivity contribution in [3.8, 4) is 0 Å². The van der Waals surface area contributed by atoms with Crippen molar-refractivity contribution >= 4 is 23.3 Å². The van der Waals surface area contributed by atoms with Crippen LogP contribution >= 0.6 is 0 Å². The van der Waals surface area contributed by atoms with Crippen molar-refractivity contribution in [3.63, 3.8) is 0 Å². The first-order chi connectivity index (χ1) is 14.2. The number of pyridine rings is 1. The second-order valence-corrected chi connectivity index (χ2v) is 7.34. The number of halogens is 4. The van der Waals surface area contributed by atoms with Crippen LogP contribution in [0.5, 0.6) is 0 Å². The number of alkyl halides is 3. The van der Waals surface area contributed by atoms with E-state index in [4.69, 9.17) is 0 Å². The van der Waals surface area contributed by atoms with Gasteiger partial charge in [0.1, 0.15) is 11.6 Å². The van der Waals surface area contributed by atoms with Gasteiger partial charge in [0.05, 0.1) is 23.4 Å². The summed E-state index contributed by atoms with van der Waals surface area (Å²) in [6.07, 6.45) is -1.42. The number of aromatic nitrogens is 1. The lowest BCUT2D eigenvalue weighted by atomic mass is 10.1. The van der Waals surface area contributed by atoms with Gasteiger partial charge in [-0.3, -0.25) is 9.59 Å². The van der Waals surface area contributed by atoms with Gasteiger partial charge in [-0.2, -0.15) is 13.2 Å². The summed E-state index contributed by atoms with van der Waals surface area (Å²) in [6, 6.07) is 4.10. The Bertz CT molecular complexity index is 1000. The monoisotopic (exact) mass is 422 g/mol. The number of rotatable bonds is 5. The molecule has 1 aromatic carbocycles. The first-order valence-corrected chi connectivity index (χ1v) is 9.41. The number of nitrogens with one attached hydrogen (secondary N) is 2. The highest BCUT2D eigenvalue weighted by Gasteiger charge is 2.35. The number of nitrogens with zero attached hydrogens (tertiary/aromatic N) is 2. The fourth-order valence-electron chi connectivity index (χ4n) is 3.34. The van der Waals surface area contributed by atoms with E-state index in [1.165, 1.54) is 12.3 Å². The molecule has 2 amide bonds. The largest absolute Gasteiger partial charge is 0.416 e. The fraction of sp³-hybridized carbons (Fsp3) is 0.350. The third-order valence-electron chi connectivity index (χ3n) is 5.12. The van der Waals surface area contributed by atoms with Crippen LogP contribution in [-0.2, 0) is 17.5 Å². The minimum atomic E-state index is -4.75. The topological polar surface area (TPSA) is 74.3 Å². The van der Waals surface area contributed by atoms with Gasteiger partial charge >= 0.3 is 6.18 Å². The third kappa shape index (κ3) is 4.07. The lowest BCUT2D eigenvalue weighted by molar-refractivity contribution is -0.138. The average Bonchev–Trinajstić information content (AvgIpc) is 3.52. The van der Waals surface area contributed by atoms with Crippen LogP contribution in [0.3, 0.4) is 0 Å². The molecular formula is C20H18F4N4O2. The molecule has 1 aromatic heterocycles. The molecule has 0 atom stereocenters.